The highest BCUT2D eigenvalue weighted by Gasteiger charge is 2.39. The molecule has 30 heavy (non-hydrogen) atoms. The Morgan fingerprint density at radius 1 is 1.17 bits per heavy atom. The van der Waals surface area contributed by atoms with Crippen LogP contribution in [-0.4, -0.2) is 64.7 Å². The molecule has 2 aliphatic rings. The number of nitrogens with two attached hydrogens (primary N) is 1. The Kier molecular flexibility index (Phi) is 6.23. The highest BCUT2D eigenvalue weighted by atomic mass is 16.6. The van der Waals surface area contributed by atoms with Crippen LogP contribution in [0.3, 0.4) is 0 Å². The van der Waals surface area contributed by atoms with Crippen molar-refractivity contribution < 1.29 is 9.63 Å². The summed E-state index contributed by atoms with van der Waals surface area (Å²) >= 11 is 0. The number of hydrogen-bond acceptors (Lipinski definition) is 7. The number of anilines is 1. The number of amides is 1. The van der Waals surface area contributed by atoms with Crippen molar-refractivity contribution in [3.8, 4) is 0 Å². The lowest BCUT2D eigenvalue weighted by Crippen LogP contribution is -2.56. The third-order valence-electron chi connectivity index (χ3n) is 5.89. The molecule has 2 aliphatic heterocycles. The van der Waals surface area contributed by atoms with Gasteiger partial charge in [-0.1, -0.05) is 11.2 Å². The Bertz CT molecular complexity index is 890. The van der Waals surface area contributed by atoms with E-state index in [1.165, 1.54) is 0 Å². The van der Waals surface area contributed by atoms with Gasteiger partial charge in [0.25, 0.3) is 0 Å². The number of pyridine rings is 2. The molecule has 4 rings (SSSR count). The molecule has 2 fully saturated rings. The van der Waals surface area contributed by atoms with E-state index >= 15 is 0 Å². The number of oxime groups is 1. The van der Waals surface area contributed by atoms with Crippen molar-refractivity contribution in [3.05, 3.63) is 54.0 Å². The SMILES string of the molecule is CON=C(c1ccccn1)C1CN(C(=O)C2CCN(Cc3ccnc(N)c3)CC2)C1. The summed E-state index contributed by atoms with van der Waals surface area (Å²) in [6.07, 6.45) is 5.27. The van der Waals surface area contributed by atoms with Crippen molar-refractivity contribution in [2.24, 2.45) is 17.0 Å². The molecule has 8 nitrogen and oxygen atoms in total. The van der Waals surface area contributed by atoms with E-state index in [2.05, 4.69) is 20.0 Å². The maximum absolute atomic E-state index is 12.9. The fraction of sp³-hybridized carbons (Fsp3) is 0.455. The van der Waals surface area contributed by atoms with E-state index in [0.29, 0.717) is 18.9 Å². The Hall–Kier alpha value is -3.00. The van der Waals surface area contributed by atoms with Gasteiger partial charge < -0.3 is 15.5 Å². The summed E-state index contributed by atoms with van der Waals surface area (Å²) in [5, 5.41) is 4.17. The molecule has 158 valence electrons. The molecule has 0 aromatic carbocycles. The Morgan fingerprint density at radius 3 is 2.63 bits per heavy atom. The lowest BCUT2D eigenvalue weighted by Gasteiger charge is -2.42. The predicted molar refractivity (Wildman–Crippen MR) is 115 cm³/mol. The third-order valence-corrected chi connectivity index (χ3v) is 5.89. The van der Waals surface area contributed by atoms with Gasteiger partial charge in [0.2, 0.25) is 5.91 Å². The molecule has 4 heterocycles. The lowest BCUT2D eigenvalue weighted by atomic mass is 9.88. The summed E-state index contributed by atoms with van der Waals surface area (Å²) in [6, 6.07) is 9.64. The third kappa shape index (κ3) is 4.59. The number of nitrogens with zero attached hydrogens (tertiary/aromatic N) is 5. The first-order valence-electron chi connectivity index (χ1n) is 10.4. The highest BCUT2D eigenvalue weighted by Crippen LogP contribution is 2.27. The zero-order chi connectivity index (χ0) is 20.9. The van der Waals surface area contributed by atoms with Gasteiger partial charge >= 0.3 is 0 Å². The first-order chi connectivity index (χ1) is 14.6. The van der Waals surface area contributed by atoms with Gasteiger partial charge in [0.1, 0.15) is 18.6 Å². The number of aromatic nitrogens is 2. The predicted octanol–water partition coefficient (Wildman–Crippen LogP) is 1.78. The van der Waals surface area contributed by atoms with E-state index in [0.717, 1.165) is 49.4 Å². The van der Waals surface area contributed by atoms with Gasteiger partial charge in [0.05, 0.1) is 5.69 Å². The monoisotopic (exact) mass is 408 g/mol. The number of hydrogen-bond donors (Lipinski definition) is 1. The van der Waals surface area contributed by atoms with Crippen LogP contribution in [0, 0.1) is 11.8 Å². The second-order valence-electron chi connectivity index (χ2n) is 7.95. The fourth-order valence-corrected chi connectivity index (χ4v) is 4.22. The van der Waals surface area contributed by atoms with Gasteiger partial charge in [-0.3, -0.25) is 14.7 Å². The molecule has 2 saturated heterocycles. The molecule has 1 amide bonds. The maximum atomic E-state index is 12.9. The van der Waals surface area contributed by atoms with Gasteiger partial charge in [-0.05, 0) is 55.8 Å². The minimum absolute atomic E-state index is 0.0994. The smallest absolute Gasteiger partial charge is 0.225 e. The quantitative estimate of drug-likeness (QED) is 0.578. The molecule has 0 unspecified atom stereocenters. The highest BCUT2D eigenvalue weighted by molar-refractivity contribution is 6.02. The number of rotatable bonds is 6. The Balaban J connectivity index is 1.27. The maximum Gasteiger partial charge on any atom is 0.225 e. The first kappa shape index (κ1) is 20.3. The van der Waals surface area contributed by atoms with Gasteiger partial charge in [-0.15, -0.1) is 0 Å². The van der Waals surface area contributed by atoms with Gasteiger partial charge in [0.15, 0.2) is 0 Å². The lowest BCUT2D eigenvalue weighted by molar-refractivity contribution is -0.142. The van der Waals surface area contributed by atoms with E-state index < -0.39 is 0 Å². The normalized spacial score (nSPS) is 18.8. The second kappa shape index (κ2) is 9.21. The fourth-order valence-electron chi connectivity index (χ4n) is 4.22. The van der Waals surface area contributed by atoms with Crippen LogP contribution in [-0.2, 0) is 16.2 Å². The van der Waals surface area contributed by atoms with Gasteiger partial charge in [-0.2, -0.15) is 0 Å². The summed E-state index contributed by atoms with van der Waals surface area (Å²) in [5.74, 6) is 1.08. The largest absolute Gasteiger partial charge is 0.399 e. The molecule has 0 radical (unpaired) electrons. The molecule has 2 N–H and O–H groups in total. The van der Waals surface area contributed by atoms with Crippen molar-refractivity contribution >= 4 is 17.4 Å². The summed E-state index contributed by atoms with van der Waals surface area (Å²) < 4.78 is 0. The van der Waals surface area contributed by atoms with Crippen LogP contribution in [0.5, 0.6) is 0 Å². The number of piperidine rings is 1. The molecule has 0 aliphatic carbocycles. The van der Waals surface area contributed by atoms with Crippen LogP contribution in [0.4, 0.5) is 5.82 Å². The van der Waals surface area contributed by atoms with Crippen molar-refractivity contribution in [1.29, 1.82) is 0 Å². The number of carbonyl (C=O) groups excluding carboxylic acids is 1. The zero-order valence-corrected chi connectivity index (χ0v) is 17.3. The molecule has 8 heteroatoms. The molecule has 0 atom stereocenters. The van der Waals surface area contributed by atoms with E-state index in [-0.39, 0.29) is 17.7 Å². The van der Waals surface area contributed by atoms with Crippen molar-refractivity contribution in [1.82, 2.24) is 19.8 Å². The van der Waals surface area contributed by atoms with Gasteiger partial charge in [-0.25, -0.2) is 4.98 Å². The van der Waals surface area contributed by atoms with Crippen molar-refractivity contribution in [3.63, 3.8) is 0 Å². The molecular formula is C22H28N6O2. The summed E-state index contributed by atoms with van der Waals surface area (Å²) in [4.78, 5) is 30.7. The van der Waals surface area contributed by atoms with E-state index in [1.807, 2.05) is 35.2 Å². The van der Waals surface area contributed by atoms with Crippen molar-refractivity contribution in [2.75, 3.05) is 39.0 Å². The number of nitrogen functional groups attached to an aromatic ring is 1. The topological polar surface area (TPSA) is 96.9 Å². The average molecular weight is 409 g/mol. The summed E-state index contributed by atoms with van der Waals surface area (Å²) in [7, 11) is 1.54. The van der Waals surface area contributed by atoms with Crippen LogP contribution in [0.1, 0.15) is 24.1 Å². The van der Waals surface area contributed by atoms with E-state index in [4.69, 9.17) is 10.6 Å². The van der Waals surface area contributed by atoms with Crippen LogP contribution < -0.4 is 5.73 Å². The van der Waals surface area contributed by atoms with Crippen LogP contribution >= 0.6 is 0 Å². The Labute approximate surface area is 176 Å². The number of carbonyl (C=O) groups is 1. The van der Waals surface area contributed by atoms with Crippen LogP contribution in [0.2, 0.25) is 0 Å². The summed E-state index contributed by atoms with van der Waals surface area (Å²) in [6.45, 7) is 4.03. The van der Waals surface area contributed by atoms with Crippen LogP contribution in [0.25, 0.3) is 0 Å². The summed E-state index contributed by atoms with van der Waals surface area (Å²) in [5.41, 5.74) is 8.55. The molecular weight excluding hydrogens is 380 g/mol. The first-order valence-corrected chi connectivity index (χ1v) is 10.4. The average Bonchev–Trinajstić information content (AvgIpc) is 2.73. The molecule has 0 bridgehead atoms. The zero-order valence-electron chi connectivity index (χ0n) is 17.3. The Morgan fingerprint density at radius 2 is 1.97 bits per heavy atom. The van der Waals surface area contributed by atoms with Crippen molar-refractivity contribution in [2.45, 2.75) is 19.4 Å². The minimum Gasteiger partial charge on any atom is -0.399 e. The second-order valence-corrected chi connectivity index (χ2v) is 7.95. The van der Waals surface area contributed by atoms with E-state index in [9.17, 15) is 4.79 Å². The molecule has 0 saturated carbocycles. The molecule has 2 aromatic heterocycles. The molecule has 2 aromatic rings. The number of likely N-dealkylation sites (tertiary alicyclic amines) is 2. The van der Waals surface area contributed by atoms with Crippen LogP contribution in [0.15, 0.2) is 47.9 Å². The van der Waals surface area contributed by atoms with E-state index in [1.54, 1.807) is 19.5 Å². The molecule has 0 spiro atoms. The minimum atomic E-state index is 0.0994. The van der Waals surface area contributed by atoms with Gasteiger partial charge in [0, 0.05) is 43.9 Å². The standard InChI is InChI=1S/C22H28N6O2/c1-30-26-21(19-4-2-3-8-24-19)18-14-28(15-18)22(29)17-6-10-27(11-7-17)13-16-5-9-25-20(23)12-16/h2-5,8-9,12,17-18H,6-7,10-11,13-15H2,1H3,(H2,23,25).